The van der Waals surface area contributed by atoms with Crippen molar-refractivity contribution in [3.8, 4) is 5.75 Å². The number of amides is 1. The highest BCUT2D eigenvalue weighted by atomic mass is 16.5. The number of hydrogen-bond acceptors (Lipinski definition) is 3. The number of likely N-dealkylation sites (tertiary alicyclic amines) is 1. The molecule has 1 heterocycles. The fourth-order valence-electron chi connectivity index (χ4n) is 2.61. The van der Waals surface area contributed by atoms with Gasteiger partial charge in [0, 0.05) is 25.2 Å². The van der Waals surface area contributed by atoms with Crippen LogP contribution in [0.1, 0.15) is 32.3 Å². The van der Waals surface area contributed by atoms with Crippen molar-refractivity contribution in [1.29, 1.82) is 0 Å². The quantitative estimate of drug-likeness (QED) is 0.905. The smallest absolute Gasteiger partial charge is 0.258 e. The Morgan fingerprint density at radius 1 is 1.29 bits per heavy atom. The Labute approximate surface area is 127 Å². The summed E-state index contributed by atoms with van der Waals surface area (Å²) in [6.45, 7) is 8.67. The summed E-state index contributed by atoms with van der Waals surface area (Å²) in [6, 6.07) is 8.62. The Morgan fingerprint density at radius 3 is 2.48 bits per heavy atom. The number of piperidine rings is 1. The second-order valence-corrected chi connectivity index (χ2v) is 6.07. The highest BCUT2D eigenvalue weighted by Gasteiger charge is 2.21. The zero-order chi connectivity index (χ0) is 15.2. The van der Waals surface area contributed by atoms with Crippen LogP contribution >= 0.6 is 0 Å². The molecule has 0 aliphatic carbocycles. The maximum atomic E-state index is 11.9. The second kappa shape index (κ2) is 7.46. The van der Waals surface area contributed by atoms with E-state index in [2.05, 4.69) is 24.1 Å². The van der Waals surface area contributed by atoms with Crippen LogP contribution in [-0.2, 0) is 4.79 Å². The first-order valence-corrected chi connectivity index (χ1v) is 7.77. The molecule has 21 heavy (non-hydrogen) atoms. The monoisotopic (exact) mass is 290 g/mol. The summed E-state index contributed by atoms with van der Waals surface area (Å²) < 4.78 is 5.50. The molecule has 1 aromatic carbocycles. The molecule has 1 aromatic rings. The van der Waals surface area contributed by atoms with Gasteiger partial charge in [-0.2, -0.15) is 0 Å². The SMILES string of the molecule is Cc1ccc(OCC(=O)NC2CCN(C(C)C)CC2)cc1. The lowest BCUT2D eigenvalue weighted by atomic mass is 10.0. The van der Waals surface area contributed by atoms with Crippen molar-refractivity contribution in [3.05, 3.63) is 29.8 Å². The molecule has 1 aliphatic rings. The minimum atomic E-state index is -0.0291. The first-order chi connectivity index (χ1) is 10.0. The van der Waals surface area contributed by atoms with Gasteiger partial charge in [0.2, 0.25) is 0 Å². The van der Waals surface area contributed by atoms with E-state index in [0.717, 1.165) is 31.7 Å². The molecular weight excluding hydrogens is 264 g/mol. The molecule has 1 fully saturated rings. The predicted molar refractivity (Wildman–Crippen MR) is 84.5 cm³/mol. The average Bonchev–Trinajstić information content (AvgIpc) is 2.47. The van der Waals surface area contributed by atoms with Crippen LogP contribution < -0.4 is 10.1 Å². The third-order valence-corrected chi connectivity index (χ3v) is 4.02. The van der Waals surface area contributed by atoms with Gasteiger partial charge in [0.05, 0.1) is 0 Å². The van der Waals surface area contributed by atoms with Crippen LogP contribution in [0.15, 0.2) is 24.3 Å². The van der Waals surface area contributed by atoms with E-state index < -0.39 is 0 Å². The summed E-state index contributed by atoms with van der Waals surface area (Å²) in [5, 5.41) is 3.07. The Kier molecular flexibility index (Phi) is 5.62. The standard InChI is InChI=1S/C17H26N2O2/c1-13(2)19-10-8-15(9-11-19)18-17(20)12-21-16-6-4-14(3)5-7-16/h4-7,13,15H,8-12H2,1-3H3,(H,18,20). The van der Waals surface area contributed by atoms with Gasteiger partial charge in [-0.05, 0) is 45.7 Å². The van der Waals surface area contributed by atoms with Crippen LogP contribution in [0.3, 0.4) is 0 Å². The van der Waals surface area contributed by atoms with Crippen molar-refractivity contribution in [3.63, 3.8) is 0 Å². The zero-order valence-corrected chi connectivity index (χ0v) is 13.3. The number of carbonyl (C=O) groups excluding carboxylic acids is 1. The minimum absolute atomic E-state index is 0.0291. The van der Waals surface area contributed by atoms with Crippen LogP contribution in [0.25, 0.3) is 0 Å². The number of benzene rings is 1. The van der Waals surface area contributed by atoms with Crippen LogP contribution in [0.2, 0.25) is 0 Å². The van der Waals surface area contributed by atoms with Crippen molar-refractivity contribution < 1.29 is 9.53 Å². The first-order valence-electron chi connectivity index (χ1n) is 7.77. The number of nitrogens with one attached hydrogen (secondary N) is 1. The molecule has 0 atom stereocenters. The van der Waals surface area contributed by atoms with Gasteiger partial charge in [0.25, 0.3) is 5.91 Å². The van der Waals surface area contributed by atoms with Crippen LogP contribution in [-0.4, -0.2) is 42.6 Å². The molecule has 0 bridgehead atoms. The number of aryl methyl sites for hydroxylation is 1. The summed E-state index contributed by atoms with van der Waals surface area (Å²) in [7, 11) is 0. The maximum absolute atomic E-state index is 11.9. The van der Waals surface area contributed by atoms with Gasteiger partial charge < -0.3 is 15.0 Å². The predicted octanol–water partition coefficient (Wildman–Crippen LogP) is 2.36. The largest absolute Gasteiger partial charge is 0.484 e. The molecule has 1 amide bonds. The van der Waals surface area contributed by atoms with E-state index in [1.807, 2.05) is 31.2 Å². The van der Waals surface area contributed by atoms with Gasteiger partial charge in [0.15, 0.2) is 6.61 Å². The maximum Gasteiger partial charge on any atom is 0.258 e. The second-order valence-electron chi connectivity index (χ2n) is 6.07. The Morgan fingerprint density at radius 2 is 1.90 bits per heavy atom. The number of nitrogens with zero attached hydrogens (tertiary/aromatic N) is 1. The third-order valence-electron chi connectivity index (χ3n) is 4.02. The van der Waals surface area contributed by atoms with E-state index >= 15 is 0 Å². The van der Waals surface area contributed by atoms with E-state index in [1.54, 1.807) is 0 Å². The Balaban J connectivity index is 1.69. The van der Waals surface area contributed by atoms with Crippen molar-refractivity contribution in [2.24, 2.45) is 0 Å². The molecule has 2 rings (SSSR count). The summed E-state index contributed by atoms with van der Waals surface area (Å²) in [5.74, 6) is 0.712. The normalized spacial score (nSPS) is 17.0. The summed E-state index contributed by atoms with van der Waals surface area (Å²) in [4.78, 5) is 14.4. The number of hydrogen-bond donors (Lipinski definition) is 1. The molecular formula is C17H26N2O2. The molecule has 1 aliphatic heterocycles. The Bertz CT molecular complexity index is 448. The molecule has 0 unspecified atom stereocenters. The van der Waals surface area contributed by atoms with Crippen molar-refractivity contribution in [2.45, 2.75) is 45.7 Å². The van der Waals surface area contributed by atoms with E-state index in [1.165, 1.54) is 5.56 Å². The van der Waals surface area contributed by atoms with E-state index in [4.69, 9.17) is 4.74 Å². The van der Waals surface area contributed by atoms with Gasteiger partial charge in [-0.1, -0.05) is 17.7 Å². The molecule has 1 N–H and O–H groups in total. The topological polar surface area (TPSA) is 41.6 Å². The van der Waals surface area contributed by atoms with Crippen molar-refractivity contribution in [1.82, 2.24) is 10.2 Å². The van der Waals surface area contributed by atoms with Gasteiger partial charge in [-0.15, -0.1) is 0 Å². The van der Waals surface area contributed by atoms with E-state index in [-0.39, 0.29) is 18.6 Å². The van der Waals surface area contributed by atoms with Crippen LogP contribution in [0.4, 0.5) is 0 Å². The van der Waals surface area contributed by atoms with E-state index in [0.29, 0.717) is 6.04 Å². The molecule has 116 valence electrons. The molecule has 0 saturated carbocycles. The lowest BCUT2D eigenvalue weighted by Crippen LogP contribution is -2.47. The molecule has 4 heteroatoms. The van der Waals surface area contributed by atoms with Gasteiger partial charge in [-0.25, -0.2) is 0 Å². The number of ether oxygens (including phenoxy) is 1. The van der Waals surface area contributed by atoms with Crippen LogP contribution in [0.5, 0.6) is 5.75 Å². The lowest BCUT2D eigenvalue weighted by molar-refractivity contribution is -0.124. The van der Waals surface area contributed by atoms with Crippen molar-refractivity contribution in [2.75, 3.05) is 19.7 Å². The highest BCUT2D eigenvalue weighted by molar-refractivity contribution is 5.77. The Hall–Kier alpha value is -1.55. The van der Waals surface area contributed by atoms with Gasteiger partial charge in [0.1, 0.15) is 5.75 Å². The minimum Gasteiger partial charge on any atom is -0.484 e. The molecule has 0 spiro atoms. The van der Waals surface area contributed by atoms with Crippen molar-refractivity contribution >= 4 is 5.91 Å². The van der Waals surface area contributed by atoms with Gasteiger partial charge >= 0.3 is 0 Å². The lowest BCUT2D eigenvalue weighted by Gasteiger charge is -2.34. The fraction of sp³-hybridized carbons (Fsp3) is 0.588. The summed E-state index contributed by atoms with van der Waals surface area (Å²) in [6.07, 6.45) is 2.04. The third kappa shape index (κ3) is 5.05. The van der Waals surface area contributed by atoms with E-state index in [9.17, 15) is 4.79 Å². The molecule has 4 nitrogen and oxygen atoms in total. The van der Waals surface area contributed by atoms with Gasteiger partial charge in [-0.3, -0.25) is 4.79 Å². The average molecular weight is 290 g/mol. The molecule has 0 radical (unpaired) electrons. The first kappa shape index (κ1) is 15.8. The summed E-state index contributed by atoms with van der Waals surface area (Å²) in [5.41, 5.74) is 1.18. The molecule has 1 saturated heterocycles. The number of carbonyl (C=O) groups is 1. The number of rotatable bonds is 5. The fourth-order valence-corrected chi connectivity index (χ4v) is 2.61. The zero-order valence-electron chi connectivity index (χ0n) is 13.3. The summed E-state index contributed by atoms with van der Waals surface area (Å²) >= 11 is 0. The highest BCUT2D eigenvalue weighted by Crippen LogP contribution is 2.13. The van der Waals surface area contributed by atoms with Crippen LogP contribution in [0, 0.1) is 6.92 Å². The molecule has 0 aromatic heterocycles.